The second-order valence-electron chi connectivity index (χ2n) is 10.4. The van der Waals surface area contributed by atoms with Gasteiger partial charge >= 0.3 is 5.97 Å². The third kappa shape index (κ3) is 5.41. The first kappa shape index (κ1) is 28.0. The average Bonchev–Trinajstić information content (AvgIpc) is 3.52. The maximum Gasteiger partial charge on any atom is 0.307 e. The Morgan fingerprint density at radius 1 is 1.23 bits per heavy atom. The van der Waals surface area contributed by atoms with Gasteiger partial charge in [0.05, 0.1) is 30.6 Å². The number of alkyl halides is 2. The molecule has 40 heavy (non-hydrogen) atoms. The molecule has 10 nitrogen and oxygen atoms in total. The SMILES string of the molecule is Cc1cnn(C[C@@H]2c3c(OCc4nnn(C)c4C(F)F)ccc(Cl)c3CCN2C(=O)C2CCCCC2C(=O)O)c1. The fraction of sp³-hybridized carbons (Fsp3) is 0.519. The molecule has 0 saturated heterocycles. The first-order valence-electron chi connectivity index (χ1n) is 13.3. The summed E-state index contributed by atoms with van der Waals surface area (Å²) < 4.78 is 36.1. The summed E-state index contributed by atoms with van der Waals surface area (Å²) in [6.07, 6.45) is 3.76. The van der Waals surface area contributed by atoms with Gasteiger partial charge in [0.2, 0.25) is 5.91 Å². The highest BCUT2D eigenvalue weighted by Gasteiger charge is 2.42. The van der Waals surface area contributed by atoms with Crippen molar-refractivity contribution < 1.29 is 28.2 Å². The second-order valence-corrected chi connectivity index (χ2v) is 10.9. The van der Waals surface area contributed by atoms with Gasteiger partial charge in [-0.25, -0.2) is 13.5 Å². The van der Waals surface area contributed by atoms with E-state index in [1.165, 1.54) is 7.05 Å². The van der Waals surface area contributed by atoms with E-state index in [1.807, 2.05) is 13.1 Å². The number of carboxylic acid groups (broad SMARTS) is 1. The monoisotopic (exact) mass is 576 g/mol. The third-order valence-corrected chi connectivity index (χ3v) is 8.25. The van der Waals surface area contributed by atoms with Crippen LogP contribution in [0, 0.1) is 18.8 Å². The molecule has 1 aliphatic heterocycles. The number of halogens is 3. The minimum atomic E-state index is -2.78. The van der Waals surface area contributed by atoms with Gasteiger partial charge in [0.15, 0.2) is 0 Å². The molecule has 1 aliphatic carbocycles. The Labute approximate surface area is 234 Å². The van der Waals surface area contributed by atoms with Gasteiger partial charge in [0.25, 0.3) is 6.43 Å². The average molecular weight is 577 g/mol. The van der Waals surface area contributed by atoms with Crippen molar-refractivity contribution in [3.63, 3.8) is 0 Å². The molecule has 3 aromatic rings. The molecule has 1 fully saturated rings. The van der Waals surface area contributed by atoms with Crippen molar-refractivity contribution in [1.82, 2.24) is 29.7 Å². The highest BCUT2D eigenvalue weighted by molar-refractivity contribution is 6.31. The summed E-state index contributed by atoms with van der Waals surface area (Å²) in [5.41, 5.74) is 2.07. The van der Waals surface area contributed by atoms with E-state index < -0.39 is 30.3 Å². The molecule has 2 aliphatic rings. The highest BCUT2D eigenvalue weighted by atomic mass is 35.5. The summed E-state index contributed by atoms with van der Waals surface area (Å²) in [7, 11) is 1.39. The van der Waals surface area contributed by atoms with Crippen LogP contribution in [0.1, 0.15) is 66.2 Å². The van der Waals surface area contributed by atoms with E-state index >= 15 is 0 Å². The van der Waals surface area contributed by atoms with Gasteiger partial charge in [-0.15, -0.1) is 5.10 Å². The number of benzene rings is 1. The molecular weight excluding hydrogens is 546 g/mol. The molecule has 5 rings (SSSR count). The van der Waals surface area contributed by atoms with Gasteiger partial charge in [-0.3, -0.25) is 14.3 Å². The van der Waals surface area contributed by atoms with Gasteiger partial charge in [-0.1, -0.05) is 29.7 Å². The number of fused-ring (bicyclic) bond motifs is 1. The van der Waals surface area contributed by atoms with Crippen LogP contribution in [-0.2, 0) is 36.2 Å². The van der Waals surface area contributed by atoms with Gasteiger partial charge in [-0.05, 0) is 49.4 Å². The van der Waals surface area contributed by atoms with Gasteiger partial charge < -0.3 is 14.7 Å². The molecule has 0 bridgehead atoms. The second kappa shape index (κ2) is 11.5. The molecule has 13 heteroatoms. The largest absolute Gasteiger partial charge is 0.487 e. The van der Waals surface area contributed by atoms with Crippen LogP contribution in [0.3, 0.4) is 0 Å². The minimum Gasteiger partial charge on any atom is -0.487 e. The molecule has 0 spiro atoms. The van der Waals surface area contributed by atoms with Gasteiger partial charge in [-0.2, -0.15) is 5.10 Å². The van der Waals surface area contributed by atoms with Crippen LogP contribution in [-0.4, -0.2) is 53.2 Å². The van der Waals surface area contributed by atoms with E-state index in [0.717, 1.165) is 28.7 Å². The number of carbonyl (C=O) groups is 2. The number of carboxylic acids is 1. The molecule has 1 amide bonds. The number of amides is 1. The Balaban J connectivity index is 1.53. The van der Waals surface area contributed by atoms with Crippen molar-refractivity contribution >= 4 is 23.5 Å². The van der Waals surface area contributed by atoms with Gasteiger partial charge in [0, 0.05) is 30.4 Å². The quantitative estimate of drug-likeness (QED) is 0.419. The minimum absolute atomic E-state index is 0.00991. The number of aliphatic carboxylic acids is 1. The van der Waals surface area contributed by atoms with Crippen LogP contribution in [0.4, 0.5) is 8.78 Å². The van der Waals surface area contributed by atoms with E-state index in [2.05, 4.69) is 15.4 Å². The number of aromatic nitrogens is 5. The van der Waals surface area contributed by atoms with E-state index in [1.54, 1.807) is 27.9 Å². The van der Waals surface area contributed by atoms with E-state index in [9.17, 15) is 23.5 Å². The van der Waals surface area contributed by atoms with Crippen molar-refractivity contribution in [1.29, 1.82) is 0 Å². The lowest BCUT2D eigenvalue weighted by atomic mass is 9.77. The number of rotatable bonds is 8. The smallest absolute Gasteiger partial charge is 0.307 e. The number of ether oxygens (including phenoxy) is 1. The zero-order chi connectivity index (χ0) is 28.6. The van der Waals surface area contributed by atoms with Crippen LogP contribution in [0.5, 0.6) is 5.75 Å². The summed E-state index contributed by atoms with van der Waals surface area (Å²) in [6.45, 7) is 2.28. The lowest BCUT2D eigenvalue weighted by Crippen LogP contribution is -2.48. The van der Waals surface area contributed by atoms with Crippen LogP contribution < -0.4 is 4.74 Å². The Hall–Kier alpha value is -3.54. The van der Waals surface area contributed by atoms with E-state index in [0.29, 0.717) is 42.1 Å². The standard InChI is InChI=1S/C27H31ClF2N6O4/c1-15-11-31-35(12-15)13-21-23-18(9-10-36(21)26(37)16-5-3-4-6-17(16)27(38)39)19(28)7-8-22(23)40-14-20-24(25(29)30)34(2)33-32-20/h7-8,11-12,16-17,21,25H,3-6,9-10,13-14H2,1-2H3,(H,38,39)/t16?,17?,21-/m1/s1. The third-order valence-electron chi connectivity index (χ3n) is 7.89. The Morgan fingerprint density at radius 2 is 1.98 bits per heavy atom. The summed E-state index contributed by atoms with van der Waals surface area (Å²) in [5, 5.41) is 22.3. The summed E-state index contributed by atoms with van der Waals surface area (Å²) >= 11 is 6.63. The molecule has 214 valence electrons. The molecule has 2 aromatic heterocycles. The Morgan fingerprint density at radius 3 is 2.65 bits per heavy atom. The summed E-state index contributed by atoms with van der Waals surface area (Å²) in [4.78, 5) is 27.8. The lowest BCUT2D eigenvalue weighted by Gasteiger charge is -2.41. The number of hydrogen-bond donors (Lipinski definition) is 1. The van der Waals surface area contributed by atoms with Crippen LogP contribution >= 0.6 is 11.6 Å². The number of carbonyl (C=O) groups excluding carboxylic acids is 1. The van der Waals surface area contributed by atoms with Crippen molar-refractivity contribution in [3.05, 3.63) is 57.6 Å². The first-order chi connectivity index (χ1) is 19.2. The number of aryl methyl sites for hydroxylation is 2. The van der Waals surface area contributed by atoms with E-state index in [-0.39, 0.29) is 30.4 Å². The lowest BCUT2D eigenvalue weighted by molar-refractivity contribution is -0.153. The Kier molecular flexibility index (Phi) is 8.07. The van der Waals surface area contributed by atoms with Crippen molar-refractivity contribution in [3.8, 4) is 5.75 Å². The van der Waals surface area contributed by atoms with Crippen molar-refractivity contribution in [2.24, 2.45) is 18.9 Å². The predicted octanol–water partition coefficient (Wildman–Crippen LogP) is 4.51. The zero-order valence-corrected chi connectivity index (χ0v) is 23.0. The highest BCUT2D eigenvalue weighted by Crippen LogP contribution is 2.43. The molecule has 1 aromatic carbocycles. The fourth-order valence-corrected chi connectivity index (χ4v) is 6.22. The summed E-state index contributed by atoms with van der Waals surface area (Å²) in [6, 6.07) is 2.78. The van der Waals surface area contributed by atoms with Crippen molar-refractivity contribution in [2.75, 3.05) is 6.54 Å². The molecule has 3 atom stereocenters. The molecule has 2 unspecified atom stereocenters. The molecule has 3 heterocycles. The maximum absolute atomic E-state index is 14.0. The van der Waals surface area contributed by atoms with Crippen LogP contribution in [0.2, 0.25) is 5.02 Å². The van der Waals surface area contributed by atoms with Crippen LogP contribution in [0.15, 0.2) is 24.5 Å². The normalized spacial score (nSPS) is 20.9. The molecule has 1 N–H and O–H groups in total. The molecular formula is C27H31ClF2N6O4. The maximum atomic E-state index is 14.0. The fourth-order valence-electron chi connectivity index (χ4n) is 5.96. The van der Waals surface area contributed by atoms with Crippen LogP contribution in [0.25, 0.3) is 0 Å². The van der Waals surface area contributed by atoms with E-state index in [4.69, 9.17) is 16.3 Å². The molecule has 1 saturated carbocycles. The summed E-state index contributed by atoms with van der Waals surface area (Å²) in [5.74, 6) is -2.16. The zero-order valence-electron chi connectivity index (χ0n) is 22.3. The Bertz CT molecular complexity index is 1410. The van der Waals surface area contributed by atoms with Crippen molar-refractivity contribution in [2.45, 2.75) is 64.6 Å². The number of nitrogens with zero attached hydrogens (tertiary/aromatic N) is 6. The van der Waals surface area contributed by atoms with Gasteiger partial charge in [0.1, 0.15) is 23.7 Å². The first-order valence-corrected chi connectivity index (χ1v) is 13.7. The topological polar surface area (TPSA) is 115 Å². The number of hydrogen-bond acceptors (Lipinski definition) is 6. The molecule has 0 radical (unpaired) electrons. The predicted molar refractivity (Wildman–Crippen MR) is 140 cm³/mol.